The summed E-state index contributed by atoms with van der Waals surface area (Å²) in [7, 11) is -1.05. The second kappa shape index (κ2) is 11.0. The SMILES string of the molecule is CCP(=O)(CC1CCCCC1)OCC(O)CNCc1ccc(OC)nc1. The number of aliphatic hydroxyl groups excluding tert-OH is 1. The van der Waals surface area contributed by atoms with E-state index >= 15 is 0 Å². The standard InChI is InChI=1S/C19H33N2O4P/c1-3-26(23,15-16-7-5-4-6-8-16)25-14-18(22)13-20-11-17-9-10-19(24-2)21-12-17/h9-10,12,16,18,20,22H,3-8,11,13-15H2,1-2H3. The summed E-state index contributed by atoms with van der Waals surface area (Å²) in [5.74, 6) is 1.10. The molecule has 148 valence electrons. The van der Waals surface area contributed by atoms with Gasteiger partial charge in [0.25, 0.3) is 0 Å². The Kier molecular flexibility index (Phi) is 9.06. The fourth-order valence-corrected chi connectivity index (χ4v) is 5.48. The van der Waals surface area contributed by atoms with Crippen LogP contribution in [0.5, 0.6) is 5.88 Å². The van der Waals surface area contributed by atoms with Crippen LogP contribution in [0.4, 0.5) is 0 Å². The number of hydrogen-bond acceptors (Lipinski definition) is 6. The van der Waals surface area contributed by atoms with Gasteiger partial charge in [0.2, 0.25) is 13.2 Å². The van der Waals surface area contributed by atoms with E-state index in [2.05, 4.69) is 10.3 Å². The molecule has 1 saturated carbocycles. The van der Waals surface area contributed by atoms with Gasteiger partial charge in [0.05, 0.1) is 19.8 Å². The van der Waals surface area contributed by atoms with Crippen LogP contribution < -0.4 is 10.1 Å². The van der Waals surface area contributed by atoms with Crippen molar-refractivity contribution >= 4 is 7.37 Å². The van der Waals surface area contributed by atoms with Crippen molar-refractivity contribution in [3.05, 3.63) is 23.9 Å². The Hall–Kier alpha value is -0.940. The van der Waals surface area contributed by atoms with E-state index in [1.807, 2.05) is 13.0 Å². The zero-order chi connectivity index (χ0) is 18.8. The van der Waals surface area contributed by atoms with Crippen molar-refractivity contribution < 1.29 is 18.9 Å². The van der Waals surface area contributed by atoms with Gasteiger partial charge in [0, 0.05) is 37.7 Å². The zero-order valence-electron chi connectivity index (χ0n) is 16.0. The maximum Gasteiger partial charge on any atom is 0.212 e. The van der Waals surface area contributed by atoms with Gasteiger partial charge in [-0.05, 0) is 24.3 Å². The number of nitrogens with one attached hydrogen (secondary N) is 1. The quantitative estimate of drug-likeness (QED) is 0.569. The molecule has 0 aliphatic heterocycles. The first-order chi connectivity index (χ1) is 12.5. The average molecular weight is 384 g/mol. The summed E-state index contributed by atoms with van der Waals surface area (Å²) in [5.41, 5.74) is 1.01. The highest BCUT2D eigenvalue weighted by Gasteiger charge is 2.27. The van der Waals surface area contributed by atoms with Crippen LogP contribution in [0.25, 0.3) is 0 Å². The van der Waals surface area contributed by atoms with Crippen molar-refractivity contribution in [2.45, 2.75) is 51.7 Å². The number of aliphatic hydroxyl groups is 1. The minimum atomic E-state index is -2.63. The van der Waals surface area contributed by atoms with Gasteiger partial charge in [-0.15, -0.1) is 0 Å². The highest BCUT2D eigenvalue weighted by atomic mass is 31.2. The third-order valence-electron chi connectivity index (χ3n) is 4.96. The van der Waals surface area contributed by atoms with E-state index in [4.69, 9.17) is 9.26 Å². The predicted octanol–water partition coefficient (Wildman–Crippen LogP) is 3.44. The van der Waals surface area contributed by atoms with Crippen LogP contribution in [0.1, 0.15) is 44.6 Å². The Morgan fingerprint density at radius 2 is 2.12 bits per heavy atom. The van der Waals surface area contributed by atoms with Gasteiger partial charge >= 0.3 is 0 Å². The average Bonchev–Trinajstić information content (AvgIpc) is 2.68. The van der Waals surface area contributed by atoms with E-state index in [0.717, 1.165) is 18.4 Å². The predicted molar refractivity (Wildman–Crippen MR) is 104 cm³/mol. The summed E-state index contributed by atoms with van der Waals surface area (Å²) in [5, 5.41) is 13.3. The summed E-state index contributed by atoms with van der Waals surface area (Å²) < 4.78 is 23.7. The molecule has 6 nitrogen and oxygen atoms in total. The van der Waals surface area contributed by atoms with E-state index < -0.39 is 13.5 Å². The normalized spacial score (nSPS) is 19.0. The van der Waals surface area contributed by atoms with E-state index in [1.165, 1.54) is 19.3 Å². The van der Waals surface area contributed by atoms with Crippen LogP contribution in [-0.2, 0) is 15.6 Å². The maximum atomic E-state index is 12.9. The number of aromatic nitrogens is 1. The Morgan fingerprint density at radius 3 is 2.73 bits per heavy atom. The fourth-order valence-electron chi connectivity index (χ4n) is 3.34. The van der Waals surface area contributed by atoms with E-state index in [0.29, 0.717) is 37.2 Å². The summed E-state index contributed by atoms with van der Waals surface area (Å²) in [4.78, 5) is 4.14. The second-order valence-corrected chi connectivity index (χ2v) is 9.99. The number of nitrogens with zero attached hydrogens (tertiary/aromatic N) is 1. The van der Waals surface area contributed by atoms with Crippen molar-refractivity contribution in [1.29, 1.82) is 0 Å². The lowest BCUT2D eigenvalue weighted by molar-refractivity contribution is 0.107. The van der Waals surface area contributed by atoms with Crippen molar-refractivity contribution in [2.24, 2.45) is 5.92 Å². The van der Waals surface area contributed by atoms with Crippen LogP contribution in [0, 0.1) is 5.92 Å². The van der Waals surface area contributed by atoms with Gasteiger partial charge in [-0.2, -0.15) is 0 Å². The molecular weight excluding hydrogens is 351 g/mol. The molecule has 0 bridgehead atoms. The van der Waals surface area contributed by atoms with Crippen molar-refractivity contribution in [3.8, 4) is 5.88 Å². The minimum Gasteiger partial charge on any atom is -0.481 e. The maximum absolute atomic E-state index is 12.9. The Labute approximate surface area is 157 Å². The van der Waals surface area contributed by atoms with Gasteiger partial charge in [-0.25, -0.2) is 4.98 Å². The fraction of sp³-hybridized carbons (Fsp3) is 0.737. The molecule has 1 aromatic rings. The summed E-state index contributed by atoms with van der Waals surface area (Å²) in [6.45, 7) is 3.03. The molecule has 1 heterocycles. The van der Waals surface area contributed by atoms with Crippen LogP contribution in [0.3, 0.4) is 0 Å². The second-order valence-electron chi connectivity index (χ2n) is 7.11. The number of ether oxygens (including phenoxy) is 1. The molecule has 1 aromatic heterocycles. The Bertz CT molecular complexity index is 561. The van der Waals surface area contributed by atoms with Gasteiger partial charge in [0.1, 0.15) is 0 Å². The van der Waals surface area contributed by atoms with Gasteiger partial charge in [0.15, 0.2) is 0 Å². The van der Waals surface area contributed by atoms with Gasteiger partial charge in [-0.3, -0.25) is 4.57 Å². The molecule has 1 aliphatic rings. The number of pyridine rings is 1. The highest BCUT2D eigenvalue weighted by Crippen LogP contribution is 2.50. The van der Waals surface area contributed by atoms with E-state index in [9.17, 15) is 9.67 Å². The van der Waals surface area contributed by atoms with E-state index in [-0.39, 0.29) is 6.61 Å². The lowest BCUT2D eigenvalue weighted by Gasteiger charge is -2.27. The number of hydrogen-bond donors (Lipinski definition) is 2. The summed E-state index contributed by atoms with van der Waals surface area (Å²) >= 11 is 0. The number of methoxy groups -OCH3 is 1. The third-order valence-corrected chi connectivity index (χ3v) is 7.62. The molecule has 0 spiro atoms. The molecular formula is C19H33N2O4P. The largest absolute Gasteiger partial charge is 0.481 e. The molecule has 2 atom stereocenters. The first kappa shape index (κ1) is 21.4. The van der Waals surface area contributed by atoms with Crippen molar-refractivity contribution in [3.63, 3.8) is 0 Å². The van der Waals surface area contributed by atoms with Crippen LogP contribution in [0.15, 0.2) is 18.3 Å². The Balaban J connectivity index is 1.68. The minimum absolute atomic E-state index is 0.117. The van der Waals surface area contributed by atoms with Crippen molar-refractivity contribution in [1.82, 2.24) is 10.3 Å². The highest BCUT2D eigenvalue weighted by molar-refractivity contribution is 7.58. The smallest absolute Gasteiger partial charge is 0.212 e. The molecule has 7 heteroatoms. The summed E-state index contributed by atoms with van der Waals surface area (Å²) in [6, 6.07) is 3.73. The molecule has 1 aliphatic carbocycles. The molecule has 0 radical (unpaired) electrons. The monoisotopic (exact) mass is 384 g/mol. The number of rotatable bonds is 11. The zero-order valence-corrected chi connectivity index (χ0v) is 16.9. The summed E-state index contributed by atoms with van der Waals surface area (Å²) in [6.07, 6.45) is 8.37. The molecule has 26 heavy (non-hydrogen) atoms. The van der Waals surface area contributed by atoms with E-state index in [1.54, 1.807) is 19.4 Å². The Morgan fingerprint density at radius 1 is 1.35 bits per heavy atom. The van der Waals surface area contributed by atoms with Crippen LogP contribution in [0.2, 0.25) is 0 Å². The molecule has 1 fully saturated rings. The van der Waals surface area contributed by atoms with Crippen LogP contribution >= 0.6 is 7.37 Å². The lowest BCUT2D eigenvalue weighted by atomic mass is 9.91. The van der Waals surface area contributed by atoms with Crippen LogP contribution in [-0.4, -0.2) is 48.8 Å². The topological polar surface area (TPSA) is 80.7 Å². The molecule has 0 saturated heterocycles. The van der Waals surface area contributed by atoms with Crippen molar-refractivity contribution in [2.75, 3.05) is 32.6 Å². The molecule has 2 unspecified atom stereocenters. The molecule has 0 amide bonds. The van der Waals surface area contributed by atoms with Gasteiger partial charge in [-0.1, -0.05) is 32.3 Å². The lowest BCUT2D eigenvalue weighted by Crippen LogP contribution is -2.30. The molecule has 2 N–H and O–H groups in total. The molecule has 0 aromatic carbocycles. The van der Waals surface area contributed by atoms with Gasteiger partial charge < -0.3 is 19.7 Å². The molecule has 2 rings (SSSR count). The first-order valence-electron chi connectivity index (χ1n) is 9.65. The first-order valence-corrected chi connectivity index (χ1v) is 11.6. The third kappa shape index (κ3) is 7.36.